The van der Waals surface area contributed by atoms with Crippen LogP contribution in [0.4, 0.5) is 0 Å². The average Bonchev–Trinajstić information content (AvgIpc) is 3.38. The van der Waals surface area contributed by atoms with Crippen LogP contribution in [-0.2, 0) is 27.3 Å². The molecule has 0 aliphatic heterocycles. The Hall–Kier alpha value is -3.73. The number of rotatable bonds is 14. The molecule has 0 radical (unpaired) electrons. The van der Waals surface area contributed by atoms with Crippen molar-refractivity contribution >= 4 is 28.7 Å². The van der Waals surface area contributed by atoms with Crippen LogP contribution in [0.25, 0.3) is 11.0 Å². The van der Waals surface area contributed by atoms with Gasteiger partial charge < -0.3 is 37.2 Å². The van der Waals surface area contributed by atoms with Crippen molar-refractivity contribution in [2.75, 3.05) is 26.2 Å². The van der Waals surface area contributed by atoms with Crippen LogP contribution in [0.15, 0.2) is 65.3 Å². The van der Waals surface area contributed by atoms with E-state index in [4.69, 9.17) is 21.6 Å². The smallest absolute Gasteiger partial charge is 0.242 e. The van der Waals surface area contributed by atoms with Crippen molar-refractivity contribution in [1.82, 2.24) is 15.5 Å². The highest BCUT2D eigenvalue weighted by atomic mass is 16.3. The maximum atomic E-state index is 13.1. The van der Waals surface area contributed by atoms with Gasteiger partial charge in [0.25, 0.3) is 0 Å². The molecule has 0 aliphatic rings. The number of amides is 3. The predicted molar refractivity (Wildman–Crippen MR) is 142 cm³/mol. The Morgan fingerprint density at radius 1 is 0.919 bits per heavy atom. The number of hydrogen-bond donors (Lipinski definition) is 5. The Balaban J connectivity index is 1.63. The van der Waals surface area contributed by atoms with Crippen LogP contribution in [0.3, 0.4) is 0 Å². The molecular formula is C27H36N6O4. The summed E-state index contributed by atoms with van der Waals surface area (Å²) in [7, 11) is 0. The van der Waals surface area contributed by atoms with E-state index in [0.29, 0.717) is 25.9 Å². The minimum Gasteiger partial charge on any atom is -0.464 e. The van der Waals surface area contributed by atoms with Gasteiger partial charge in [-0.15, -0.1) is 0 Å². The van der Waals surface area contributed by atoms with Gasteiger partial charge in [-0.25, -0.2) is 0 Å². The molecule has 0 fully saturated rings. The van der Waals surface area contributed by atoms with E-state index in [0.717, 1.165) is 22.1 Å². The van der Waals surface area contributed by atoms with Gasteiger partial charge >= 0.3 is 0 Å². The summed E-state index contributed by atoms with van der Waals surface area (Å²) in [6, 6.07) is 15.3. The number of aryl methyl sites for hydroxylation is 1. The molecule has 2 aromatic carbocycles. The Bertz CT molecular complexity index is 1160. The zero-order valence-electron chi connectivity index (χ0n) is 20.9. The van der Waals surface area contributed by atoms with E-state index in [2.05, 4.69) is 10.6 Å². The number of fused-ring (bicyclic) bond motifs is 1. The van der Waals surface area contributed by atoms with Crippen molar-refractivity contribution in [2.45, 2.75) is 37.9 Å². The zero-order valence-corrected chi connectivity index (χ0v) is 20.9. The minimum atomic E-state index is -1.11. The Morgan fingerprint density at radius 2 is 1.65 bits per heavy atom. The first kappa shape index (κ1) is 27.9. The fourth-order valence-electron chi connectivity index (χ4n) is 4.02. The summed E-state index contributed by atoms with van der Waals surface area (Å²) in [5, 5.41) is 6.59. The third kappa shape index (κ3) is 8.42. The summed E-state index contributed by atoms with van der Waals surface area (Å²) < 4.78 is 5.36. The van der Waals surface area contributed by atoms with Gasteiger partial charge in [0.2, 0.25) is 17.7 Å². The maximum Gasteiger partial charge on any atom is 0.242 e. The number of carbonyl (C=O) groups excluding carboxylic acids is 3. The number of nitrogens with two attached hydrogens (primary N) is 3. The van der Waals surface area contributed by atoms with Crippen molar-refractivity contribution in [3.05, 3.63) is 72.0 Å². The van der Waals surface area contributed by atoms with Gasteiger partial charge in [-0.2, -0.15) is 0 Å². The molecule has 1 aromatic heterocycles. The van der Waals surface area contributed by atoms with Crippen LogP contribution >= 0.6 is 0 Å². The fraction of sp³-hybridized carbons (Fsp3) is 0.370. The molecule has 0 bridgehead atoms. The lowest BCUT2D eigenvalue weighted by molar-refractivity contribution is -0.135. The van der Waals surface area contributed by atoms with Gasteiger partial charge in [0.1, 0.15) is 11.6 Å². The molecule has 0 saturated carbocycles. The first-order valence-corrected chi connectivity index (χ1v) is 12.4. The highest BCUT2D eigenvalue weighted by molar-refractivity contribution is 5.92. The lowest BCUT2D eigenvalue weighted by Crippen LogP contribution is -2.53. The van der Waals surface area contributed by atoms with Gasteiger partial charge in [-0.1, -0.05) is 36.4 Å². The van der Waals surface area contributed by atoms with Crippen LogP contribution in [-0.4, -0.2) is 60.9 Å². The van der Waals surface area contributed by atoms with Crippen molar-refractivity contribution in [3.63, 3.8) is 0 Å². The molecule has 198 valence electrons. The van der Waals surface area contributed by atoms with E-state index in [-0.39, 0.29) is 37.9 Å². The molecule has 2 atom stereocenters. The molecule has 1 heterocycles. The molecule has 3 rings (SSSR count). The molecule has 37 heavy (non-hydrogen) atoms. The molecule has 10 nitrogen and oxygen atoms in total. The first-order chi connectivity index (χ1) is 17.9. The second-order valence-electron chi connectivity index (χ2n) is 8.86. The molecular weight excluding hydrogens is 472 g/mol. The monoisotopic (exact) mass is 508 g/mol. The minimum absolute atomic E-state index is 0.205. The second kappa shape index (κ2) is 14.1. The molecule has 0 spiro atoms. The summed E-state index contributed by atoms with van der Waals surface area (Å²) in [4.78, 5) is 40.1. The number of nitrogens with one attached hydrogen (secondary N) is 2. The molecule has 10 heteroatoms. The van der Waals surface area contributed by atoms with Gasteiger partial charge in [0.05, 0.1) is 18.7 Å². The van der Waals surface area contributed by atoms with E-state index < -0.39 is 18.0 Å². The third-order valence-electron chi connectivity index (χ3n) is 6.06. The largest absolute Gasteiger partial charge is 0.464 e. The number of hydrogen-bond acceptors (Lipinski definition) is 7. The van der Waals surface area contributed by atoms with E-state index in [1.807, 2.05) is 54.6 Å². The normalized spacial score (nSPS) is 12.6. The van der Waals surface area contributed by atoms with Gasteiger partial charge in [0, 0.05) is 38.1 Å². The first-order valence-electron chi connectivity index (χ1n) is 12.4. The number of nitrogens with zero attached hydrogens (tertiary/aromatic N) is 1. The van der Waals surface area contributed by atoms with Crippen LogP contribution in [0.1, 0.15) is 24.0 Å². The van der Waals surface area contributed by atoms with Crippen LogP contribution in [0.5, 0.6) is 0 Å². The summed E-state index contributed by atoms with van der Waals surface area (Å²) >= 11 is 0. The van der Waals surface area contributed by atoms with Gasteiger partial charge in [0.15, 0.2) is 0 Å². The van der Waals surface area contributed by atoms with Crippen molar-refractivity contribution in [3.8, 4) is 0 Å². The molecule has 3 aromatic rings. The fourth-order valence-corrected chi connectivity index (χ4v) is 4.02. The van der Waals surface area contributed by atoms with E-state index in [1.54, 1.807) is 6.26 Å². The van der Waals surface area contributed by atoms with Gasteiger partial charge in [-0.05, 0) is 42.2 Å². The van der Waals surface area contributed by atoms with Crippen LogP contribution < -0.4 is 27.8 Å². The zero-order chi connectivity index (χ0) is 26.6. The molecule has 0 saturated heterocycles. The Morgan fingerprint density at radius 3 is 2.35 bits per heavy atom. The molecule has 0 aliphatic carbocycles. The molecule has 8 N–H and O–H groups in total. The number of furan rings is 1. The Kier molecular flexibility index (Phi) is 10.6. The Labute approximate surface area is 216 Å². The topological polar surface area (TPSA) is 170 Å². The third-order valence-corrected chi connectivity index (χ3v) is 6.06. The van der Waals surface area contributed by atoms with E-state index in [1.165, 1.54) is 4.90 Å². The van der Waals surface area contributed by atoms with Gasteiger partial charge in [-0.3, -0.25) is 14.4 Å². The average molecular weight is 509 g/mol. The standard InChI is InChI=1S/C27H36N6O4/c28-11-13-33(14-12-29)25(34)17-22(30)26(35)32-23(8-6-19-4-2-1-3-5-19)27(36)31-18-20-7-9-24-21(16-20)10-15-37-24/h1-5,7,9-10,15-16,22-23H,6,8,11-14,17-18,28-30H2,(H,31,36)(H,32,35). The number of benzene rings is 2. The highest BCUT2D eigenvalue weighted by Crippen LogP contribution is 2.17. The lowest BCUT2D eigenvalue weighted by Gasteiger charge is -2.24. The van der Waals surface area contributed by atoms with Crippen LogP contribution in [0.2, 0.25) is 0 Å². The summed E-state index contributed by atoms with van der Waals surface area (Å²) in [5.41, 5.74) is 19.9. The van der Waals surface area contributed by atoms with Crippen molar-refractivity contribution in [1.29, 1.82) is 0 Å². The maximum absolute atomic E-state index is 13.1. The quantitative estimate of drug-likeness (QED) is 0.213. The molecule has 2 unspecified atom stereocenters. The summed E-state index contributed by atoms with van der Waals surface area (Å²) in [6.07, 6.45) is 2.36. The van der Waals surface area contributed by atoms with Crippen molar-refractivity contribution in [2.24, 2.45) is 17.2 Å². The van der Waals surface area contributed by atoms with E-state index in [9.17, 15) is 14.4 Å². The SMILES string of the molecule is NCCN(CCN)C(=O)CC(N)C(=O)NC(CCc1ccccc1)C(=O)NCc1ccc2occc2c1. The van der Waals surface area contributed by atoms with Crippen molar-refractivity contribution < 1.29 is 18.8 Å². The second-order valence-corrected chi connectivity index (χ2v) is 8.86. The number of carbonyl (C=O) groups is 3. The van der Waals surface area contributed by atoms with E-state index >= 15 is 0 Å². The summed E-state index contributed by atoms with van der Waals surface area (Å²) in [5.74, 6) is -1.21. The van der Waals surface area contributed by atoms with Crippen LogP contribution in [0, 0.1) is 0 Å². The predicted octanol–water partition coefficient (Wildman–Crippen LogP) is 0.630. The summed E-state index contributed by atoms with van der Waals surface area (Å²) in [6.45, 7) is 1.51. The lowest BCUT2D eigenvalue weighted by atomic mass is 10.0. The highest BCUT2D eigenvalue weighted by Gasteiger charge is 2.26. The molecule has 3 amide bonds.